The van der Waals surface area contributed by atoms with Gasteiger partial charge in [-0.25, -0.2) is 9.37 Å². The molecule has 0 bridgehead atoms. The molecule has 3 heterocycles. The Bertz CT molecular complexity index is 1050. The number of fused-ring (bicyclic) bond motifs is 1. The summed E-state index contributed by atoms with van der Waals surface area (Å²) in [5.74, 6) is 0.811. The predicted molar refractivity (Wildman–Crippen MR) is 129 cm³/mol. The molecular weight excluding hydrogens is 415 g/mol. The molecule has 176 valence electrons. The summed E-state index contributed by atoms with van der Waals surface area (Å²) < 4.78 is 15.1. The smallest absolute Gasteiger partial charge is 0.258 e. The lowest BCUT2D eigenvalue weighted by atomic mass is 9.84. The third-order valence-electron chi connectivity index (χ3n) is 8.15. The quantitative estimate of drug-likeness (QED) is 0.710. The molecule has 2 N–H and O–H groups in total. The first-order chi connectivity index (χ1) is 15.9. The number of rotatable bonds is 4. The predicted octanol–water partition coefficient (Wildman–Crippen LogP) is 5.03. The number of carbonyl (C=O) groups excluding carboxylic acids is 1. The van der Waals surface area contributed by atoms with Crippen LogP contribution >= 0.6 is 0 Å². The molecule has 6 heteroatoms. The zero-order valence-electron chi connectivity index (χ0n) is 19.8. The van der Waals surface area contributed by atoms with Crippen molar-refractivity contribution in [1.29, 1.82) is 0 Å². The van der Waals surface area contributed by atoms with E-state index in [1.807, 2.05) is 17.0 Å². The van der Waals surface area contributed by atoms with Gasteiger partial charge < -0.3 is 10.6 Å². The van der Waals surface area contributed by atoms with E-state index in [0.717, 1.165) is 66.8 Å². The van der Waals surface area contributed by atoms with Gasteiger partial charge in [0.2, 0.25) is 0 Å². The van der Waals surface area contributed by atoms with Crippen LogP contribution in [0, 0.1) is 11.7 Å². The Hall–Kier alpha value is -2.47. The van der Waals surface area contributed by atoms with Gasteiger partial charge in [0, 0.05) is 42.5 Å². The van der Waals surface area contributed by atoms with E-state index in [4.69, 9.17) is 5.73 Å². The Morgan fingerprint density at radius 1 is 1.12 bits per heavy atom. The third-order valence-corrected chi connectivity index (χ3v) is 8.15. The van der Waals surface area contributed by atoms with Crippen LogP contribution in [-0.4, -0.2) is 45.9 Å². The monoisotopic (exact) mass is 450 g/mol. The lowest BCUT2D eigenvalue weighted by Gasteiger charge is -2.39. The van der Waals surface area contributed by atoms with E-state index in [-0.39, 0.29) is 23.6 Å². The second-order valence-electron chi connectivity index (χ2n) is 10.3. The number of likely N-dealkylation sites (tertiary alicyclic amines) is 1. The normalized spacial score (nSPS) is 26.0. The van der Waals surface area contributed by atoms with Crippen molar-refractivity contribution in [1.82, 2.24) is 14.8 Å². The number of halogens is 1. The van der Waals surface area contributed by atoms with Crippen molar-refractivity contribution in [2.24, 2.45) is 5.92 Å². The van der Waals surface area contributed by atoms with Gasteiger partial charge in [0.1, 0.15) is 11.6 Å². The number of hydrogen-bond acceptors (Lipinski definition) is 4. The van der Waals surface area contributed by atoms with Gasteiger partial charge in [0.25, 0.3) is 5.91 Å². The van der Waals surface area contributed by atoms with Gasteiger partial charge in [-0.1, -0.05) is 19.1 Å². The lowest BCUT2D eigenvalue weighted by molar-refractivity contribution is 0.0596. The van der Waals surface area contributed by atoms with Crippen molar-refractivity contribution in [3.63, 3.8) is 0 Å². The Labute approximate surface area is 196 Å². The van der Waals surface area contributed by atoms with Gasteiger partial charge in [-0.15, -0.1) is 0 Å². The van der Waals surface area contributed by atoms with Gasteiger partial charge in [-0.2, -0.15) is 0 Å². The average molecular weight is 451 g/mol. The molecule has 1 atom stereocenters. The number of hydrogen-bond donors (Lipinski definition) is 1. The molecule has 0 spiro atoms. The third kappa shape index (κ3) is 4.25. The van der Waals surface area contributed by atoms with Crippen molar-refractivity contribution in [3.8, 4) is 11.1 Å². The molecule has 5 nitrogen and oxygen atoms in total. The van der Waals surface area contributed by atoms with Gasteiger partial charge in [-0.05, 0) is 81.5 Å². The fourth-order valence-electron chi connectivity index (χ4n) is 5.98. The van der Waals surface area contributed by atoms with Crippen LogP contribution in [0.2, 0.25) is 0 Å². The fraction of sp³-hybridized carbons (Fsp3) is 0.556. The van der Waals surface area contributed by atoms with E-state index >= 15 is 4.39 Å². The van der Waals surface area contributed by atoms with Gasteiger partial charge in [0.05, 0.1) is 5.56 Å². The number of nitrogen functional groups attached to an aromatic ring is 1. The second-order valence-corrected chi connectivity index (χ2v) is 10.3. The minimum atomic E-state index is -0.197. The number of nitrogens with zero attached hydrogens (tertiary/aromatic N) is 3. The van der Waals surface area contributed by atoms with Crippen molar-refractivity contribution >= 4 is 11.7 Å². The number of pyridine rings is 1. The van der Waals surface area contributed by atoms with Crippen LogP contribution in [0.5, 0.6) is 0 Å². The van der Waals surface area contributed by atoms with Crippen LogP contribution in [0.15, 0.2) is 24.4 Å². The molecule has 33 heavy (non-hydrogen) atoms. The molecule has 1 amide bonds. The minimum absolute atomic E-state index is 0.0113. The maximum atomic E-state index is 15.1. The Morgan fingerprint density at radius 2 is 1.91 bits per heavy atom. The van der Waals surface area contributed by atoms with E-state index in [9.17, 15) is 4.79 Å². The summed E-state index contributed by atoms with van der Waals surface area (Å²) in [7, 11) is 0. The zero-order chi connectivity index (χ0) is 23.1. The molecule has 5 rings (SSSR count). The van der Waals surface area contributed by atoms with E-state index in [1.54, 1.807) is 12.3 Å². The number of nitrogens with two attached hydrogens (primary N) is 1. The largest absolute Gasteiger partial charge is 0.383 e. The molecule has 2 aromatic rings. The summed E-state index contributed by atoms with van der Waals surface area (Å²) in [6.45, 7) is 6.84. The number of carbonyl (C=O) groups is 1. The molecule has 1 saturated carbocycles. The summed E-state index contributed by atoms with van der Waals surface area (Å²) in [5, 5.41) is 0. The van der Waals surface area contributed by atoms with E-state index < -0.39 is 0 Å². The molecule has 1 aromatic heterocycles. The highest BCUT2D eigenvalue weighted by Crippen LogP contribution is 2.36. The molecule has 2 fully saturated rings. The van der Waals surface area contributed by atoms with Crippen LogP contribution in [0.3, 0.4) is 0 Å². The maximum Gasteiger partial charge on any atom is 0.258 e. The van der Waals surface area contributed by atoms with E-state index in [2.05, 4.69) is 23.7 Å². The Balaban J connectivity index is 1.42. The zero-order valence-corrected chi connectivity index (χ0v) is 19.8. The second kappa shape index (κ2) is 9.05. The highest BCUT2D eigenvalue weighted by molar-refractivity contribution is 6.02. The SMILES string of the molecule is CC1CCC(N2CCc3c(-c4ccc(CN5CCC[C@H]5C)c(F)c4)cnc(N)c3C2=O)CC1. The molecule has 2 aliphatic heterocycles. The first-order valence-corrected chi connectivity index (χ1v) is 12.5. The highest BCUT2D eigenvalue weighted by Gasteiger charge is 2.35. The topological polar surface area (TPSA) is 62.5 Å². The molecule has 0 radical (unpaired) electrons. The standard InChI is InChI=1S/C27H35FN4O/c1-17-5-9-21(10-6-17)32-13-11-22-23(15-30-26(29)25(22)27(32)33)19-7-8-20(24(28)14-19)16-31-12-3-4-18(31)2/h7-8,14-15,17-18,21H,3-6,9-13,16H2,1-2H3,(H2,29,30)/t17?,18-,21?/m1/s1. The van der Waals surface area contributed by atoms with Crippen LogP contribution in [0.1, 0.15) is 73.9 Å². The summed E-state index contributed by atoms with van der Waals surface area (Å²) >= 11 is 0. The van der Waals surface area contributed by atoms with Gasteiger partial charge in [0.15, 0.2) is 0 Å². The molecular formula is C27H35FN4O. The number of amides is 1. The minimum Gasteiger partial charge on any atom is -0.383 e. The van der Waals surface area contributed by atoms with Crippen molar-refractivity contribution in [3.05, 3.63) is 46.9 Å². The van der Waals surface area contributed by atoms with Crippen molar-refractivity contribution < 1.29 is 9.18 Å². The Morgan fingerprint density at radius 3 is 2.61 bits per heavy atom. The summed E-state index contributed by atoms with van der Waals surface area (Å²) in [5.41, 5.74) is 9.95. The summed E-state index contributed by atoms with van der Waals surface area (Å²) in [6, 6.07) is 6.24. The molecule has 1 aromatic carbocycles. The van der Waals surface area contributed by atoms with Crippen molar-refractivity contribution in [2.75, 3.05) is 18.8 Å². The molecule has 3 aliphatic rings. The first-order valence-electron chi connectivity index (χ1n) is 12.5. The number of benzene rings is 1. The lowest BCUT2D eigenvalue weighted by Crippen LogP contribution is -2.46. The van der Waals surface area contributed by atoms with Gasteiger partial charge >= 0.3 is 0 Å². The molecule has 1 aliphatic carbocycles. The number of anilines is 1. The first kappa shape index (κ1) is 22.3. The fourth-order valence-corrected chi connectivity index (χ4v) is 5.98. The van der Waals surface area contributed by atoms with Crippen LogP contribution in [0.25, 0.3) is 11.1 Å². The average Bonchev–Trinajstić information content (AvgIpc) is 3.21. The Kier molecular flexibility index (Phi) is 6.12. The van der Waals surface area contributed by atoms with Crippen LogP contribution in [0.4, 0.5) is 10.2 Å². The van der Waals surface area contributed by atoms with E-state index in [0.29, 0.717) is 24.7 Å². The van der Waals surface area contributed by atoms with Crippen molar-refractivity contribution in [2.45, 2.75) is 77.4 Å². The van der Waals surface area contributed by atoms with E-state index in [1.165, 1.54) is 12.8 Å². The molecule has 0 unspecified atom stereocenters. The van der Waals surface area contributed by atoms with Gasteiger partial charge in [-0.3, -0.25) is 9.69 Å². The molecule has 1 saturated heterocycles. The summed E-state index contributed by atoms with van der Waals surface area (Å²) in [6.07, 6.45) is 9.21. The maximum absolute atomic E-state index is 15.1. The van der Waals surface area contributed by atoms with Crippen LogP contribution in [-0.2, 0) is 13.0 Å². The number of aromatic nitrogens is 1. The summed E-state index contributed by atoms with van der Waals surface area (Å²) in [4.78, 5) is 22.2. The highest BCUT2D eigenvalue weighted by atomic mass is 19.1. The van der Waals surface area contributed by atoms with Crippen LogP contribution < -0.4 is 5.73 Å².